The smallest absolute Gasteiger partial charge is 0.326 e. The zero-order chi connectivity index (χ0) is 50.8. The highest BCUT2D eigenvalue weighted by atomic mass is 16.4. The van der Waals surface area contributed by atoms with Gasteiger partial charge in [0.05, 0.1) is 19.0 Å². The van der Waals surface area contributed by atoms with Gasteiger partial charge in [0.2, 0.25) is 41.4 Å². The lowest BCUT2D eigenvalue weighted by molar-refractivity contribution is -0.147. The van der Waals surface area contributed by atoms with Crippen molar-refractivity contribution < 1.29 is 68.4 Å². The second kappa shape index (κ2) is 30.2. The van der Waals surface area contributed by atoms with Gasteiger partial charge < -0.3 is 80.6 Å². The van der Waals surface area contributed by atoms with Crippen molar-refractivity contribution in [2.45, 2.75) is 127 Å². The number of aliphatic imine (C=N–C) groups is 1. The zero-order valence-electron chi connectivity index (χ0n) is 37.7. The molecule has 0 bridgehead atoms. The van der Waals surface area contributed by atoms with Crippen LogP contribution in [-0.2, 0) is 54.4 Å². The molecule has 0 saturated heterocycles. The van der Waals surface area contributed by atoms with Crippen LogP contribution in [0, 0.1) is 5.92 Å². The third-order valence-corrected chi connectivity index (χ3v) is 10.1. The first-order valence-electron chi connectivity index (χ1n) is 21.5. The molecule has 0 aromatic heterocycles. The molecule has 1 aromatic rings. The standard InChI is InChI=1S/C41H66N12O14/c1-4-21(2)33(53-34(60)22(3)43)39(65)50-27(14-15-31(56)57)38(64)49-26(9-7-17-46-41(44)45)37(63)51-28(18-23-10-12-24(54)13-11-23)35(61)47-20-30(55)48-25(8-5-6-16-42)36(62)52-29(40(66)67)19-32(58)59/h10-13,21-22,25-29,33,54H,4-9,14-20,42-43H2,1-3H3,(H,47,61)(H,48,55)(H,49,64)(H,50,65)(H,51,63)(H,52,62)(H,53,60)(H,56,57)(H,58,59)(H,66,67)(H4,44,45,46)/t21-,22-,25-,26-,27-,28-,29-,33-/m0/s1. The van der Waals surface area contributed by atoms with Gasteiger partial charge >= 0.3 is 17.9 Å². The summed E-state index contributed by atoms with van der Waals surface area (Å²) in [6.07, 6.45) is -1.29. The maximum atomic E-state index is 14.1. The van der Waals surface area contributed by atoms with Crippen molar-refractivity contribution in [2.24, 2.45) is 33.8 Å². The van der Waals surface area contributed by atoms with E-state index in [1.165, 1.54) is 31.2 Å². The predicted octanol–water partition coefficient (Wildman–Crippen LogP) is -4.04. The number of nitrogens with zero attached hydrogens (tertiary/aromatic N) is 1. The van der Waals surface area contributed by atoms with E-state index in [-0.39, 0.29) is 50.5 Å². The van der Waals surface area contributed by atoms with Gasteiger partial charge in [0.15, 0.2) is 5.96 Å². The number of rotatable bonds is 32. The third kappa shape index (κ3) is 23.1. The summed E-state index contributed by atoms with van der Waals surface area (Å²) in [6, 6.07) is -4.39. The van der Waals surface area contributed by atoms with E-state index in [1.807, 2.05) is 0 Å². The number of unbranched alkanes of at least 4 members (excludes halogenated alkanes) is 1. The van der Waals surface area contributed by atoms with Gasteiger partial charge in [-0.25, -0.2) is 4.79 Å². The Morgan fingerprint density at radius 1 is 0.642 bits per heavy atom. The number of aliphatic carboxylic acids is 3. The van der Waals surface area contributed by atoms with Crippen molar-refractivity contribution in [1.82, 2.24) is 37.2 Å². The predicted molar refractivity (Wildman–Crippen MR) is 239 cm³/mol. The molecule has 67 heavy (non-hydrogen) atoms. The molecule has 0 aliphatic rings. The van der Waals surface area contributed by atoms with Crippen molar-refractivity contribution in [3.63, 3.8) is 0 Å². The van der Waals surface area contributed by atoms with Gasteiger partial charge in [0.1, 0.15) is 42.0 Å². The lowest BCUT2D eigenvalue weighted by Crippen LogP contribution is -2.60. The average molecular weight is 951 g/mol. The number of nitrogens with one attached hydrogen (secondary N) is 7. The Balaban J connectivity index is 3.49. The molecule has 26 nitrogen and oxygen atoms in total. The second-order valence-electron chi connectivity index (χ2n) is 15.7. The lowest BCUT2D eigenvalue weighted by atomic mass is 9.97. The lowest BCUT2D eigenvalue weighted by Gasteiger charge is -2.28. The number of amides is 7. The number of benzene rings is 1. The zero-order valence-corrected chi connectivity index (χ0v) is 37.7. The Morgan fingerprint density at radius 2 is 1.18 bits per heavy atom. The highest BCUT2D eigenvalue weighted by Crippen LogP contribution is 2.14. The molecule has 0 heterocycles. The van der Waals surface area contributed by atoms with Crippen LogP contribution in [0.3, 0.4) is 0 Å². The highest BCUT2D eigenvalue weighted by molar-refractivity contribution is 5.97. The van der Waals surface area contributed by atoms with Crippen LogP contribution in [-0.4, -0.2) is 148 Å². The second-order valence-corrected chi connectivity index (χ2v) is 15.7. The Kier molecular flexibility index (Phi) is 26.1. The van der Waals surface area contributed by atoms with E-state index in [0.29, 0.717) is 24.8 Å². The van der Waals surface area contributed by atoms with E-state index >= 15 is 0 Å². The van der Waals surface area contributed by atoms with Gasteiger partial charge in [0, 0.05) is 19.4 Å². The van der Waals surface area contributed by atoms with Crippen LogP contribution in [0.4, 0.5) is 0 Å². The molecule has 0 fully saturated rings. The van der Waals surface area contributed by atoms with Gasteiger partial charge in [-0.3, -0.25) is 48.1 Å². The molecule has 26 heteroatoms. The van der Waals surface area contributed by atoms with Crippen molar-refractivity contribution in [1.29, 1.82) is 0 Å². The molecule has 0 aliphatic carbocycles. The fourth-order valence-corrected chi connectivity index (χ4v) is 6.12. The molecule has 0 saturated carbocycles. The average Bonchev–Trinajstić information content (AvgIpc) is 3.25. The van der Waals surface area contributed by atoms with Crippen LogP contribution < -0.4 is 60.2 Å². The van der Waals surface area contributed by atoms with Crippen molar-refractivity contribution in [2.75, 3.05) is 19.6 Å². The summed E-state index contributed by atoms with van der Waals surface area (Å²) in [5.74, 6) is -11.7. The van der Waals surface area contributed by atoms with E-state index in [0.717, 1.165) is 0 Å². The minimum Gasteiger partial charge on any atom is -0.508 e. The Hall–Kier alpha value is -7.09. The largest absolute Gasteiger partial charge is 0.508 e. The molecule has 0 spiro atoms. The Bertz CT molecular complexity index is 1890. The molecular weight excluding hydrogens is 885 g/mol. The van der Waals surface area contributed by atoms with E-state index < -0.39 is 133 Å². The van der Waals surface area contributed by atoms with Crippen LogP contribution >= 0.6 is 0 Å². The van der Waals surface area contributed by atoms with Crippen molar-refractivity contribution >= 4 is 65.2 Å². The SMILES string of the molecule is CC[C@H](C)[C@H](NC(=O)[C@H](C)N)C(=O)N[C@@H](CCC(=O)O)C(=O)N[C@@H](CCCN=C(N)N)C(=O)N[C@@H](Cc1ccc(O)cc1)C(=O)NCC(=O)N[C@@H](CCCCN)C(=O)N[C@@H](CC(=O)O)C(=O)O. The van der Waals surface area contributed by atoms with Crippen molar-refractivity contribution in [3.8, 4) is 5.75 Å². The molecule has 374 valence electrons. The molecule has 1 rings (SSSR count). The topological polar surface area (TPSA) is 452 Å². The first-order valence-corrected chi connectivity index (χ1v) is 21.5. The first kappa shape index (κ1) is 57.9. The van der Waals surface area contributed by atoms with E-state index in [1.54, 1.807) is 13.8 Å². The van der Waals surface area contributed by atoms with Gasteiger partial charge in [0.25, 0.3) is 0 Å². The van der Waals surface area contributed by atoms with Crippen LogP contribution in [0.15, 0.2) is 29.3 Å². The summed E-state index contributed by atoms with van der Waals surface area (Å²) in [6.45, 7) is 4.23. The summed E-state index contributed by atoms with van der Waals surface area (Å²) in [7, 11) is 0. The minimum absolute atomic E-state index is 0.0225. The van der Waals surface area contributed by atoms with Gasteiger partial charge in [-0.2, -0.15) is 0 Å². The Labute approximate surface area is 386 Å². The molecule has 0 aliphatic heterocycles. The number of aromatic hydroxyl groups is 1. The van der Waals surface area contributed by atoms with Crippen LogP contribution in [0.5, 0.6) is 5.75 Å². The summed E-state index contributed by atoms with van der Waals surface area (Å²) in [5.41, 5.74) is 22.5. The van der Waals surface area contributed by atoms with Crippen LogP contribution in [0.1, 0.15) is 84.1 Å². The summed E-state index contributed by atoms with van der Waals surface area (Å²) >= 11 is 0. The highest BCUT2D eigenvalue weighted by Gasteiger charge is 2.34. The monoisotopic (exact) mass is 950 g/mol. The quantitative estimate of drug-likeness (QED) is 0.0186. The number of hydrogen-bond acceptors (Lipinski definition) is 14. The minimum atomic E-state index is -1.82. The number of nitrogens with two attached hydrogens (primary N) is 4. The summed E-state index contributed by atoms with van der Waals surface area (Å²) in [5, 5.41) is 54.6. The van der Waals surface area contributed by atoms with Crippen LogP contribution in [0.25, 0.3) is 0 Å². The molecule has 7 amide bonds. The number of guanidine groups is 1. The molecule has 0 unspecified atom stereocenters. The Morgan fingerprint density at radius 3 is 1.70 bits per heavy atom. The third-order valence-electron chi connectivity index (χ3n) is 10.1. The molecular formula is C41H66N12O14. The van der Waals surface area contributed by atoms with E-state index in [9.17, 15) is 63.3 Å². The number of carboxylic acids is 3. The van der Waals surface area contributed by atoms with Crippen molar-refractivity contribution in [3.05, 3.63) is 29.8 Å². The number of phenols is 1. The van der Waals surface area contributed by atoms with Gasteiger partial charge in [-0.1, -0.05) is 32.4 Å². The fraction of sp³-hybridized carbons (Fsp3) is 0.585. The van der Waals surface area contributed by atoms with Gasteiger partial charge in [-0.05, 0) is 75.6 Å². The number of carbonyl (C=O) groups excluding carboxylic acids is 7. The number of phenolic OH excluding ortho intramolecular Hbond substituents is 1. The number of carbonyl (C=O) groups is 10. The summed E-state index contributed by atoms with van der Waals surface area (Å²) in [4.78, 5) is 132. The maximum Gasteiger partial charge on any atom is 0.326 e. The molecule has 8 atom stereocenters. The van der Waals surface area contributed by atoms with E-state index in [2.05, 4.69) is 42.2 Å². The number of carboxylic acid groups (broad SMARTS) is 3. The molecule has 1 aromatic carbocycles. The number of hydrogen-bond donors (Lipinski definition) is 15. The fourth-order valence-electron chi connectivity index (χ4n) is 6.12. The first-order chi connectivity index (χ1) is 31.5. The molecule has 19 N–H and O–H groups in total. The molecule has 0 radical (unpaired) electrons. The normalized spacial score (nSPS) is 14.4. The summed E-state index contributed by atoms with van der Waals surface area (Å²) < 4.78 is 0. The van der Waals surface area contributed by atoms with Gasteiger partial charge in [-0.15, -0.1) is 0 Å². The maximum absolute atomic E-state index is 14.1. The van der Waals surface area contributed by atoms with E-state index in [4.69, 9.17) is 28.0 Å². The van der Waals surface area contributed by atoms with Crippen LogP contribution in [0.2, 0.25) is 0 Å².